The molecule has 0 aliphatic carbocycles. The molecule has 2 saturated heterocycles. The summed E-state index contributed by atoms with van der Waals surface area (Å²) in [7, 11) is 0. The minimum absolute atomic E-state index is 0.0163. The normalized spacial score (nSPS) is 24.9. The molecule has 0 bridgehead atoms. The lowest BCUT2D eigenvalue weighted by Gasteiger charge is -2.53. The van der Waals surface area contributed by atoms with E-state index in [1.165, 1.54) is 11.3 Å². The molecule has 2 aliphatic rings. The number of ether oxygens (including phenoxy) is 2. The largest absolute Gasteiger partial charge is 0.350 e. The number of thiophene rings is 1. The van der Waals surface area contributed by atoms with Crippen LogP contribution in [0.2, 0.25) is 0 Å². The fourth-order valence-electron chi connectivity index (χ4n) is 2.38. The number of hydrogen-bond acceptors (Lipinski definition) is 4. The second-order valence-corrected chi connectivity index (χ2v) is 6.56. The maximum absolute atomic E-state index is 12.1. The zero-order valence-corrected chi connectivity index (χ0v) is 11.5. The summed E-state index contributed by atoms with van der Waals surface area (Å²) < 4.78 is 11.4. The van der Waals surface area contributed by atoms with Gasteiger partial charge in [0.15, 0.2) is 5.79 Å². The van der Waals surface area contributed by atoms with Gasteiger partial charge in [0.2, 0.25) is 0 Å². The summed E-state index contributed by atoms with van der Waals surface area (Å²) in [6.07, 6.45) is 0. The van der Waals surface area contributed by atoms with Crippen LogP contribution in [0.5, 0.6) is 0 Å². The third-order valence-corrected chi connectivity index (χ3v) is 4.38. The standard InChI is InChI=1S/C13H17NO3S/c1-12(2)16-8-13(9-17-12)6-14(7-13)11(15)10-4-3-5-18-10/h3-5H,6-9H2,1-2H3. The van der Waals surface area contributed by atoms with Crippen LogP contribution in [-0.2, 0) is 9.47 Å². The van der Waals surface area contributed by atoms with Crippen molar-refractivity contribution in [3.05, 3.63) is 22.4 Å². The van der Waals surface area contributed by atoms with Gasteiger partial charge in [-0.2, -0.15) is 0 Å². The monoisotopic (exact) mass is 267 g/mol. The molecule has 0 atom stereocenters. The molecular weight excluding hydrogens is 250 g/mol. The van der Waals surface area contributed by atoms with Crippen LogP contribution in [0, 0.1) is 5.41 Å². The van der Waals surface area contributed by atoms with E-state index in [9.17, 15) is 4.79 Å². The maximum Gasteiger partial charge on any atom is 0.263 e. The molecule has 98 valence electrons. The van der Waals surface area contributed by atoms with Crippen molar-refractivity contribution in [3.8, 4) is 0 Å². The SMILES string of the molecule is CC1(C)OCC2(CO1)CN(C(=O)c1cccs1)C2. The van der Waals surface area contributed by atoms with E-state index >= 15 is 0 Å². The minimum atomic E-state index is -0.483. The quantitative estimate of drug-likeness (QED) is 0.781. The first-order valence-electron chi connectivity index (χ1n) is 6.11. The molecule has 4 nitrogen and oxygen atoms in total. The van der Waals surface area contributed by atoms with Gasteiger partial charge in [-0.05, 0) is 25.3 Å². The van der Waals surface area contributed by atoms with E-state index in [2.05, 4.69) is 0 Å². The van der Waals surface area contributed by atoms with Crippen LogP contribution in [0.15, 0.2) is 17.5 Å². The third-order valence-electron chi connectivity index (χ3n) is 3.52. The molecule has 1 aromatic rings. The van der Waals surface area contributed by atoms with Crippen molar-refractivity contribution in [1.29, 1.82) is 0 Å². The fraction of sp³-hybridized carbons (Fsp3) is 0.615. The topological polar surface area (TPSA) is 38.8 Å². The molecule has 0 radical (unpaired) electrons. The second-order valence-electron chi connectivity index (χ2n) is 5.62. The highest BCUT2D eigenvalue weighted by Crippen LogP contribution is 2.38. The van der Waals surface area contributed by atoms with Gasteiger partial charge in [-0.1, -0.05) is 6.07 Å². The molecule has 1 spiro atoms. The van der Waals surface area contributed by atoms with Gasteiger partial charge in [-0.15, -0.1) is 11.3 Å². The van der Waals surface area contributed by atoms with E-state index in [0.717, 1.165) is 18.0 Å². The predicted octanol–water partition coefficient (Wildman–Crippen LogP) is 1.97. The van der Waals surface area contributed by atoms with Gasteiger partial charge in [-0.25, -0.2) is 0 Å². The van der Waals surface area contributed by atoms with Gasteiger partial charge in [0.25, 0.3) is 5.91 Å². The van der Waals surface area contributed by atoms with Crippen molar-refractivity contribution < 1.29 is 14.3 Å². The number of carbonyl (C=O) groups excluding carboxylic acids is 1. The van der Waals surface area contributed by atoms with Crippen molar-refractivity contribution in [2.24, 2.45) is 5.41 Å². The van der Waals surface area contributed by atoms with E-state index in [-0.39, 0.29) is 11.3 Å². The highest BCUT2D eigenvalue weighted by atomic mass is 32.1. The first kappa shape index (κ1) is 12.1. The van der Waals surface area contributed by atoms with Crippen molar-refractivity contribution in [3.63, 3.8) is 0 Å². The molecule has 0 unspecified atom stereocenters. The van der Waals surface area contributed by atoms with Crippen LogP contribution >= 0.6 is 11.3 Å². The lowest BCUT2D eigenvalue weighted by Crippen LogP contribution is -2.65. The maximum atomic E-state index is 12.1. The average Bonchev–Trinajstić information content (AvgIpc) is 2.79. The number of likely N-dealkylation sites (tertiary alicyclic amines) is 1. The predicted molar refractivity (Wildman–Crippen MR) is 68.6 cm³/mol. The summed E-state index contributed by atoms with van der Waals surface area (Å²) in [4.78, 5) is 14.8. The van der Waals surface area contributed by atoms with Gasteiger partial charge in [0.1, 0.15) is 0 Å². The van der Waals surface area contributed by atoms with E-state index in [1.54, 1.807) is 0 Å². The zero-order chi connectivity index (χ0) is 12.8. The molecule has 2 fully saturated rings. The Labute approximate surface area is 110 Å². The Morgan fingerprint density at radius 2 is 2.00 bits per heavy atom. The molecule has 1 aromatic heterocycles. The van der Waals surface area contributed by atoms with Crippen molar-refractivity contribution in [2.45, 2.75) is 19.6 Å². The molecule has 2 aliphatic heterocycles. The van der Waals surface area contributed by atoms with E-state index in [1.807, 2.05) is 36.3 Å². The number of nitrogens with zero attached hydrogens (tertiary/aromatic N) is 1. The number of rotatable bonds is 1. The van der Waals surface area contributed by atoms with Crippen LogP contribution in [0.3, 0.4) is 0 Å². The highest BCUT2D eigenvalue weighted by Gasteiger charge is 2.50. The molecule has 0 N–H and O–H groups in total. The second kappa shape index (κ2) is 4.05. The van der Waals surface area contributed by atoms with Crippen molar-refractivity contribution in [2.75, 3.05) is 26.3 Å². The summed E-state index contributed by atoms with van der Waals surface area (Å²) in [5.74, 6) is -0.357. The van der Waals surface area contributed by atoms with E-state index in [0.29, 0.717) is 13.2 Å². The highest BCUT2D eigenvalue weighted by molar-refractivity contribution is 7.12. The van der Waals surface area contributed by atoms with E-state index < -0.39 is 5.79 Å². The Morgan fingerprint density at radius 1 is 1.33 bits per heavy atom. The fourth-order valence-corrected chi connectivity index (χ4v) is 3.07. The summed E-state index contributed by atoms with van der Waals surface area (Å²) >= 11 is 1.49. The van der Waals surface area contributed by atoms with Gasteiger partial charge in [0.05, 0.1) is 23.5 Å². The average molecular weight is 267 g/mol. The molecule has 3 rings (SSSR count). The molecule has 5 heteroatoms. The van der Waals surface area contributed by atoms with Gasteiger partial charge < -0.3 is 14.4 Å². The smallest absolute Gasteiger partial charge is 0.263 e. The lowest BCUT2D eigenvalue weighted by atomic mass is 9.80. The Kier molecular flexibility index (Phi) is 2.73. The first-order chi connectivity index (χ1) is 8.50. The van der Waals surface area contributed by atoms with Crippen LogP contribution in [0.4, 0.5) is 0 Å². The van der Waals surface area contributed by atoms with Gasteiger partial charge in [0, 0.05) is 13.1 Å². The zero-order valence-electron chi connectivity index (χ0n) is 10.6. The summed E-state index contributed by atoms with van der Waals surface area (Å²) in [6, 6.07) is 3.78. The number of hydrogen-bond donors (Lipinski definition) is 0. The summed E-state index contributed by atoms with van der Waals surface area (Å²) in [5.41, 5.74) is 0.0163. The Hall–Kier alpha value is -0.910. The van der Waals surface area contributed by atoms with Gasteiger partial charge >= 0.3 is 0 Å². The van der Waals surface area contributed by atoms with Crippen LogP contribution in [0.25, 0.3) is 0 Å². The Morgan fingerprint density at radius 3 is 2.56 bits per heavy atom. The third kappa shape index (κ3) is 2.06. The molecule has 1 amide bonds. The lowest BCUT2D eigenvalue weighted by molar-refractivity contribution is -0.301. The van der Waals surface area contributed by atoms with Crippen LogP contribution in [0.1, 0.15) is 23.5 Å². The molecular formula is C13H17NO3S. The first-order valence-corrected chi connectivity index (χ1v) is 6.98. The molecule has 0 saturated carbocycles. The summed E-state index contributed by atoms with van der Waals surface area (Å²) in [6.45, 7) is 6.67. The Balaban J connectivity index is 1.59. The van der Waals surface area contributed by atoms with Crippen LogP contribution < -0.4 is 0 Å². The van der Waals surface area contributed by atoms with Crippen LogP contribution in [-0.4, -0.2) is 42.9 Å². The minimum Gasteiger partial charge on any atom is -0.350 e. The summed E-state index contributed by atoms with van der Waals surface area (Å²) in [5, 5.41) is 1.93. The van der Waals surface area contributed by atoms with Crippen molar-refractivity contribution >= 4 is 17.2 Å². The molecule has 18 heavy (non-hydrogen) atoms. The number of carbonyl (C=O) groups is 1. The Bertz CT molecular complexity index is 437. The molecule has 0 aromatic carbocycles. The van der Waals surface area contributed by atoms with Gasteiger partial charge in [-0.3, -0.25) is 4.79 Å². The molecule has 3 heterocycles. The van der Waals surface area contributed by atoms with E-state index in [4.69, 9.17) is 9.47 Å². The van der Waals surface area contributed by atoms with Crippen molar-refractivity contribution in [1.82, 2.24) is 4.90 Å². The number of amides is 1.